The molecule has 1 aromatic heterocycles. The van der Waals surface area contributed by atoms with Crippen LogP contribution in [0.3, 0.4) is 0 Å². The molecule has 0 radical (unpaired) electrons. The maximum atomic E-state index is 9.60. The van der Waals surface area contributed by atoms with Gasteiger partial charge in [0.15, 0.2) is 5.13 Å². The zero-order chi connectivity index (χ0) is 15.0. The molecule has 1 aliphatic heterocycles. The summed E-state index contributed by atoms with van der Waals surface area (Å²) in [5, 5.41) is 15.1. The lowest BCUT2D eigenvalue weighted by Crippen LogP contribution is -2.43. The molecule has 2 N–H and O–H groups in total. The molecule has 6 nitrogen and oxygen atoms in total. The summed E-state index contributed by atoms with van der Waals surface area (Å²) in [7, 11) is 0. The van der Waals surface area contributed by atoms with Gasteiger partial charge in [-0.1, -0.05) is 0 Å². The number of carbonyl (C=O) groups is 1. The van der Waals surface area contributed by atoms with E-state index in [9.17, 15) is 4.79 Å². The predicted molar refractivity (Wildman–Crippen MR) is 80.0 cm³/mol. The molecule has 0 saturated carbocycles. The minimum Gasteiger partial charge on any atom is -0.462 e. The summed E-state index contributed by atoms with van der Waals surface area (Å²) in [6.07, 6.45) is 0. The summed E-state index contributed by atoms with van der Waals surface area (Å²) in [6, 6.07) is 0. The van der Waals surface area contributed by atoms with E-state index in [-0.39, 0.29) is 12.2 Å². The second kappa shape index (κ2) is 8.18. The third-order valence-electron chi connectivity index (χ3n) is 2.49. The van der Waals surface area contributed by atoms with Gasteiger partial charge in [0.2, 0.25) is 0 Å². The normalized spacial score (nSPS) is 15.3. The zero-order valence-electron chi connectivity index (χ0n) is 12.3. The number of anilines is 1. The molecule has 7 heteroatoms. The summed E-state index contributed by atoms with van der Waals surface area (Å²) in [5.74, 6) is 0. The van der Waals surface area contributed by atoms with Crippen molar-refractivity contribution in [3.05, 3.63) is 11.1 Å². The van der Waals surface area contributed by atoms with E-state index in [0.29, 0.717) is 6.47 Å². The molecule has 2 rings (SSSR count). The number of piperazine rings is 1. The summed E-state index contributed by atoms with van der Waals surface area (Å²) >= 11 is 1.61. The molecule has 0 aliphatic carbocycles. The minimum absolute atomic E-state index is 0.0442. The van der Waals surface area contributed by atoms with Crippen LogP contribution in [0.4, 0.5) is 5.13 Å². The van der Waals surface area contributed by atoms with Crippen molar-refractivity contribution in [1.29, 1.82) is 0 Å². The van der Waals surface area contributed by atoms with Crippen molar-refractivity contribution >= 4 is 22.9 Å². The first kappa shape index (κ1) is 16.9. The molecule has 0 aromatic carbocycles. The third-order valence-corrected chi connectivity index (χ3v) is 3.44. The molecule has 2 heterocycles. The smallest absolute Gasteiger partial charge is 0.293 e. The van der Waals surface area contributed by atoms with Gasteiger partial charge in [-0.25, -0.2) is 4.98 Å². The number of nitrogens with one attached hydrogen (secondary N) is 1. The van der Waals surface area contributed by atoms with Crippen LogP contribution in [0.1, 0.15) is 26.5 Å². The highest BCUT2D eigenvalue weighted by Crippen LogP contribution is 2.20. The average molecular weight is 301 g/mol. The van der Waals surface area contributed by atoms with Crippen molar-refractivity contribution in [2.24, 2.45) is 0 Å². The molecule has 0 amide bonds. The summed E-state index contributed by atoms with van der Waals surface area (Å²) in [6.45, 7) is 10.0. The van der Waals surface area contributed by atoms with Gasteiger partial charge in [-0.15, -0.1) is 11.3 Å². The van der Waals surface area contributed by atoms with Crippen molar-refractivity contribution in [2.45, 2.75) is 33.0 Å². The highest BCUT2D eigenvalue weighted by molar-refractivity contribution is 7.13. The van der Waals surface area contributed by atoms with Crippen LogP contribution in [0.15, 0.2) is 5.38 Å². The number of thiazole rings is 1. The van der Waals surface area contributed by atoms with Crippen LogP contribution in [0.5, 0.6) is 0 Å². The molecule has 1 aromatic rings. The Labute approximate surface area is 123 Å². The van der Waals surface area contributed by atoms with Gasteiger partial charge in [-0.2, -0.15) is 0 Å². The summed E-state index contributed by atoms with van der Waals surface area (Å²) in [5.41, 5.74) is 0.459. The Morgan fingerprint density at radius 1 is 1.50 bits per heavy atom. The average Bonchev–Trinajstić information content (AvgIpc) is 2.88. The van der Waals surface area contributed by atoms with Gasteiger partial charge in [0.25, 0.3) is 6.47 Å². The monoisotopic (exact) mass is 301 g/mol. The number of rotatable bonds is 3. The van der Waals surface area contributed by atoms with Crippen molar-refractivity contribution in [3.8, 4) is 0 Å². The first-order valence-corrected chi connectivity index (χ1v) is 7.46. The molecule has 1 fully saturated rings. The highest BCUT2D eigenvalue weighted by atomic mass is 32.1. The van der Waals surface area contributed by atoms with Crippen LogP contribution in [-0.4, -0.2) is 48.3 Å². The highest BCUT2D eigenvalue weighted by Gasteiger charge is 2.13. The largest absolute Gasteiger partial charge is 0.462 e. The van der Waals surface area contributed by atoms with Gasteiger partial charge >= 0.3 is 0 Å². The topological polar surface area (TPSA) is 74.7 Å². The van der Waals surface area contributed by atoms with Crippen molar-refractivity contribution < 1.29 is 14.6 Å². The van der Waals surface area contributed by atoms with Crippen LogP contribution < -0.4 is 10.2 Å². The number of hydrogen-bond acceptors (Lipinski definition) is 7. The number of nitrogens with zero attached hydrogens (tertiary/aromatic N) is 2. The van der Waals surface area contributed by atoms with Gasteiger partial charge in [0.1, 0.15) is 5.60 Å². The van der Waals surface area contributed by atoms with E-state index >= 15 is 0 Å². The van der Waals surface area contributed by atoms with E-state index in [1.54, 1.807) is 11.3 Å². The van der Waals surface area contributed by atoms with E-state index in [1.165, 1.54) is 0 Å². The van der Waals surface area contributed by atoms with Crippen molar-refractivity contribution in [2.75, 3.05) is 31.1 Å². The standard InChI is InChI=1S/C8H13N3OS.C5H10O2/c12-5-7-6-13-8(10-7)11-3-1-9-2-4-11;1-5(2,3)7-4-6/h6,9,12H,1-5H2;4H,1-3H3. The Kier molecular flexibility index (Phi) is 6.90. The zero-order valence-corrected chi connectivity index (χ0v) is 13.1. The molecule has 114 valence electrons. The fourth-order valence-corrected chi connectivity index (χ4v) is 2.38. The number of aliphatic hydroxyl groups is 1. The van der Waals surface area contributed by atoms with E-state index < -0.39 is 0 Å². The quantitative estimate of drug-likeness (QED) is 0.812. The van der Waals surface area contributed by atoms with E-state index in [1.807, 2.05) is 26.2 Å². The lowest BCUT2D eigenvalue weighted by Gasteiger charge is -2.26. The second-order valence-electron chi connectivity index (χ2n) is 5.34. The Balaban J connectivity index is 0.000000246. The maximum absolute atomic E-state index is 9.60. The third kappa shape index (κ3) is 6.31. The Morgan fingerprint density at radius 3 is 2.55 bits per heavy atom. The number of hydrogen-bond donors (Lipinski definition) is 2. The van der Waals surface area contributed by atoms with Crippen LogP contribution in [0.2, 0.25) is 0 Å². The van der Waals surface area contributed by atoms with Gasteiger partial charge in [0, 0.05) is 31.6 Å². The minimum atomic E-state index is -0.318. The number of aliphatic hydroxyl groups excluding tert-OH is 1. The van der Waals surface area contributed by atoms with Gasteiger partial charge in [-0.3, -0.25) is 4.79 Å². The summed E-state index contributed by atoms with van der Waals surface area (Å²) < 4.78 is 4.55. The number of aromatic nitrogens is 1. The first-order valence-electron chi connectivity index (χ1n) is 6.58. The maximum Gasteiger partial charge on any atom is 0.293 e. The fraction of sp³-hybridized carbons (Fsp3) is 0.692. The molecule has 0 unspecified atom stereocenters. The van der Waals surface area contributed by atoms with Crippen molar-refractivity contribution in [3.63, 3.8) is 0 Å². The lowest BCUT2D eigenvalue weighted by atomic mass is 10.2. The molecule has 0 atom stereocenters. The van der Waals surface area contributed by atoms with Crippen molar-refractivity contribution in [1.82, 2.24) is 10.3 Å². The Hall–Kier alpha value is -1.18. The number of ether oxygens (including phenoxy) is 1. The van der Waals surface area contributed by atoms with E-state index in [2.05, 4.69) is 19.9 Å². The lowest BCUT2D eigenvalue weighted by molar-refractivity contribution is -0.138. The predicted octanol–water partition coefficient (Wildman–Crippen LogP) is 1.00. The SMILES string of the molecule is CC(C)(C)OC=O.OCc1csc(N2CCNCC2)n1. The Morgan fingerprint density at radius 2 is 2.15 bits per heavy atom. The number of carbonyl (C=O) groups excluding carboxylic acids is 1. The Bertz CT molecular complexity index is 398. The van der Waals surface area contributed by atoms with Crippen LogP contribution in [-0.2, 0) is 16.1 Å². The molecule has 20 heavy (non-hydrogen) atoms. The molecular formula is C13H23N3O3S. The molecule has 1 saturated heterocycles. The van der Waals surface area contributed by atoms with Crippen LogP contribution in [0.25, 0.3) is 0 Å². The molecule has 1 aliphatic rings. The molecule has 0 bridgehead atoms. The molecule has 0 spiro atoms. The van der Waals surface area contributed by atoms with Crippen LogP contribution in [0, 0.1) is 0 Å². The van der Waals surface area contributed by atoms with Crippen LogP contribution >= 0.6 is 11.3 Å². The first-order chi connectivity index (χ1) is 9.46. The van der Waals surface area contributed by atoms with E-state index in [0.717, 1.165) is 37.0 Å². The van der Waals surface area contributed by atoms with Gasteiger partial charge in [-0.05, 0) is 20.8 Å². The van der Waals surface area contributed by atoms with Gasteiger partial charge in [0.05, 0.1) is 12.3 Å². The fourth-order valence-electron chi connectivity index (χ4n) is 1.51. The van der Waals surface area contributed by atoms with E-state index in [4.69, 9.17) is 5.11 Å². The summed E-state index contributed by atoms with van der Waals surface area (Å²) in [4.78, 5) is 16.2. The molecular weight excluding hydrogens is 278 g/mol. The second-order valence-corrected chi connectivity index (χ2v) is 6.18. The van der Waals surface area contributed by atoms with Gasteiger partial charge < -0.3 is 20.1 Å².